The van der Waals surface area contributed by atoms with Crippen molar-refractivity contribution >= 4 is 29.3 Å². The van der Waals surface area contributed by atoms with Gasteiger partial charge >= 0.3 is 12.0 Å². The lowest BCUT2D eigenvalue weighted by Gasteiger charge is -2.10. The van der Waals surface area contributed by atoms with Gasteiger partial charge in [-0.1, -0.05) is 18.2 Å². The quantitative estimate of drug-likeness (QED) is 0.445. The smallest absolute Gasteiger partial charge is 0.340 e. The molecule has 0 radical (unpaired) electrons. The number of aryl methyl sites for hydroxylation is 2. The van der Waals surface area contributed by atoms with Gasteiger partial charge in [-0.05, 0) is 61.7 Å². The number of rotatable bonds is 6. The number of carbonyl (C=O) groups excluding carboxylic acids is 3. The molecule has 0 atom stereocenters. The summed E-state index contributed by atoms with van der Waals surface area (Å²) in [6.45, 7) is 5.88. The number of H-pyrrole nitrogens is 1. The van der Waals surface area contributed by atoms with Gasteiger partial charge in [0.1, 0.15) is 5.69 Å². The van der Waals surface area contributed by atoms with Crippen molar-refractivity contribution in [1.29, 1.82) is 0 Å². The lowest BCUT2D eigenvalue weighted by Crippen LogP contribution is -2.19. The van der Waals surface area contributed by atoms with Crippen LogP contribution in [0, 0.1) is 13.8 Å². The Morgan fingerprint density at radius 2 is 1.61 bits per heavy atom. The molecule has 0 unspecified atom stereocenters. The molecule has 0 aliphatic heterocycles. The van der Waals surface area contributed by atoms with E-state index in [-0.39, 0.29) is 23.9 Å². The lowest BCUT2D eigenvalue weighted by molar-refractivity contribution is 0.0527. The standard InChI is InChI=1S/C23H24N4O4/c1-4-31-22(29)18-12-25-20(21(24)28)19(18)15-6-9-16(10-7-15)26-23(30)27-17-8-5-13(2)14(3)11-17/h5-12,25H,4H2,1-3H3,(H2,24,28)(H2,26,27,30). The molecule has 8 nitrogen and oxygen atoms in total. The second kappa shape index (κ2) is 9.17. The summed E-state index contributed by atoms with van der Waals surface area (Å²) in [6, 6.07) is 12.0. The Labute approximate surface area is 179 Å². The van der Waals surface area contributed by atoms with Gasteiger partial charge < -0.3 is 26.1 Å². The van der Waals surface area contributed by atoms with Gasteiger partial charge in [-0.25, -0.2) is 9.59 Å². The number of benzene rings is 2. The number of esters is 1. The molecular weight excluding hydrogens is 396 g/mol. The fraction of sp³-hybridized carbons (Fsp3) is 0.174. The summed E-state index contributed by atoms with van der Waals surface area (Å²) >= 11 is 0. The predicted octanol–water partition coefficient (Wildman–Crippen LogP) is 4.22. The number of nitrogens with two attached hydrogens (primary N) is 1. The molecule has 0 saturated carbocycles. The van der Waals surface area contributed by atoms with E-state index in [1.807, 2.05) is 32.0 Å². The Bertz CT molecular complexity index is 1130. The third-order valence-corrected chi connectivity index (χ3v) is 4.82. The molecule has 1 heterocycles. The van der Waals surface area contributed by atoms with Crippen LogP contribution in [-0.2, 0) is 4.74 Å². The van der Waals surface area contributed by atoms with Crippen LogP contribution in [0.4, 0.5) is 16.2 Å². The molecule has 0 bridgehead atoms. The summed E-state index contributed by atoms with van der Waals surface area (Å²) in [7, 11) is 0. The van der Waals surface area contributed by atoms with Crippen molar-refractivity contribution in [1.82, 2.24) is 4.98 Å². The maximum Gasteiger partial charge on any atom is 0.340 e. The van der Waals surface area contributed by atoms with Crippen LogP contribution in [0.25, 0.3) is 11.1 Å². The zero-order valence-electron chi connectivity index (χ0n) is 17.5. The molecule has 0 spiro atoms. The Morgan fingerprint density at radius 1 is 0.968 bits per heavy atom. The first kappa shape index (κ1) is 21.6. The zero-order chi connectivity index (χ0) is 22.5. The summed E-state index contributed by atoms with van der Waals surface area (Å²) in [6.07, 6.45) is 1.40. The predicted molar refractivity (Wildman–Crippen MR) is 119 cm³/mol. The van der Waals surface area contributed by atoms with E-state index in [0.29, 0.717) is 22.5 Å². The first-order valence-corrected chi connectivity index (χ1v) is 9.74. The SMILES string of the molecule is CCOC(=O)c1c[nH]c(C(N)=O)c1-c1ccc(NC(=O)Nc2ccc(C)c(C)c2)cc1. The molecule has 5 N–H and O–H groups in total. The van der Waals surface area contributed by atoms with Crippen molar-refractivity contribution < 1.29 is 19.1 Å². The van der Waals surface area contributed by atoms with E-state index >= 15 is 0 Å². The average Bonchev–Trinajstić information content (AvgIpc) is 3.17. The highest BCUT2D eigenvalue weighted by atomic mass is 16.5. The third-order valence-electron chi connectivity index (χ3n) is 4.82. The monoisotopic (exact) mass is 420 g/mol. The number of hydrogen-bond acceptors (Lipinski definition) is 4. The Balaban J connectivity index is 1.79. The van der Waals surface area contributed by atoms with Crippen LogP contribution >= 0.6 is 0 Å². The Hall–Kier alpha value is -4.07. The first-order chi connectivity index (χ1) is 14.8. The molecule has 1 aromatic heterocycles. The highest BCUT2D eigenvalue weighted by Gasteiger charge is 2.22. The molecule has 8 heteroatoms. The van der Waals surface area contributed by atoms with Gasteiger partial charge in [0, 0.05) is 23.1 Å². The van der Waals surface area contributed by atoms with E-state index in [4.69, 9.17) is 10.5 Å². The van der Waals surface area contributed by atoms with E-state index in [2.05, 4.69) is 15.6 Å². The van der Waals surface area contributed by atoms with E-state index in [9.17, 15) is 14.4 Å². The second-order valence-electron chi connectivity index (χ2n) is 6.99. The maximum absolute atomic E-state index is 12.3. The lowest BCUT2D eigenvalue weighted by atomic mass is 10.0. The molecule has 31 heavy (non-hydrogen) atoms. The molecular formula is C23H24N4O4. The number of nitrogens with one attached hydrogen (secondary N) is 3. The molecule has 3 amide bonds. The Kier molecular flexibility index (Phi) is 6.40. The molecule has 2 aromatic carbocycles. The van der Waals surface area contributed by atoms with Gasteiger partial charge in [-0.2, -0.15) is 0 Å². The Morgan fingerprint density at radius 3 is 2.23 bits per heavy atom. The van der Waals surface area contributed by atoms with Crippen LogP contribution < -0.4 is 16.4 Å². The number of hydrogen-bond donors (Lipinski definition) is 4. The van der Waals surface area contributed by atoms with Crippen molar-refractivity contribution in [2.24, 2.45) is 5.73 Å². The molecule has 0 aliphatic rings. The molecule has 3 rings (SSSR count). The zero-order valence-corrected chi connectivity index (χ0v) is 17.5. The van der Waals surface area contributed by atoms with E-state index < -0.39 is 11.9 Å². The van der Waals surface area contributed by atoms with Crippen molar-refractivity contribution in [2.45, 2.75) is 20.8 Å². The van der Waals surface area contributed by atoms with Crippen molar-refractivity contribution in [3.63, 3.8) is 0 Å². The van der Waals surface area contributed by atoms with Gasteiger partial charge in [0.15, 0.2) is 0 Å². The largest absolute Gasteiger partial charge is 0.462 e. The minimum absolute atomic E-state index is 0.108. The topological polar surface area (TPSA) is 126 Å². The molecule has 0 aliphatic carbocycles. The summed E-state index contributed by atoms with van der Waals surface area (Å²) in [5.74, 6) is -1.25. The van der Waals surface area contributed by atoms with Gasteiger partial charge in [0.25, 0.3) is 5.91 Å². The normalized spacial score (nSPS) is 10.4. The molecule has 0 saturated heterocycles. The first-order valence-electron chi connectivity index (χ1n) is 9.74. The molecule has 3 aromatic rings. The highest BCUT2D eigenvalue weighted by Crippen LogP contribution is 2.29. The average molecular weight is 420 g/mol. The summed E-state index contributed by atoms with van der Waals surface area (Å²) in [4.78, 5) is 39.1. The second-order valence-corrected chi connectivity index (χ2v) is 6.99. The fourth-order valence-electron chi connectivity index (χ4n) is 3.12. The van der Waals surface area contributed by atoms with Crippen molar-refractivity contribution in [3.05, 3.63) is 71.0 Å². The van der Waals surface area contributed by atoms with Crippen LogP contribution in [0.1, 0.15) is 38.9 Å². The summed E-state index contributed by atoms with van der Waals surface area (Å²) in [5.41, 5.74) is 10.2. The number of primary amides is 1. The van der Waals surface area contributed by atoms with E-state index in [0.717, 1.165) is 11.1 Å². The fourth-order valence-corrected chi connectivity index (χ4v) is 3.12. The van der Waals surface area contributed by atoms with Crippen molar-refractivity contribution in [2.75, 3.05) is 17.2 Å². The van der Waals surface area contributed by atoms with Gasteiger partial charge in [0.2, 0.25) is 0 Å². The number of aromatic amines is 1. The number of anilines is 2. The van der Waals surface area contributed by atoms with Crippen LogP contribution in [0.2, 0.25) is 0 Å². The van der Waals surface area contributed by atoms with Gasteiger partial charge in [-0.15, -0.1) is 0 Å². The third kappa shape index (κ3) is 4.92. The van der Waals surface area contributed by atoms with Crippen LogP contribution in [0.3, 0.4) is 0 Å². The molecule has 160 valence electrons. The van der Waals surface area contributed by atoms with Crippen molar-refractivity contribution in [3.8, 4) is 11.1 Å². The minimum atomic E-state index is -0.694. The maximum atomic E-state index is 12.3. The molecule has 0 fully saturated rings. The number of amides is 3. The number of carbonyl (C=O) groups is 3. The van der Waals surface area contributed by atoms with Crippen LogP contribution in [-0.4, -0.2) is 29.5 Å². The van der Waals surface area contributed by atoms with Gasteiger partial charge in [0.05, 0.1) is 12.2 Å². The number of aromatic nitrogens is 1. The summed E-state index contributed by atoms with van der Waals surface area (Å²) in [5, 5.41) is 5.54. The number of urea groups is 1. The van der Waals surface area contributed by atoms with Crippen LogP contribution in [0.5, 0.6) is 0 Å². The summed E-state index contributed by atoms with van der Waals surface area (Å²) < 4.78 is 5.06. The highest BCUT2D eigenvalue weighted by molar-refractivity contribution is 6.07. The minimum Gasteiger partial charge on any atom is -0.462 e. The van der Waals surface area contributed by atoms with E-state index in [1.165, 1.54) is 6.20 Å². The van der Waals surface area contributed by atoms with Gasteiger partial charge in [-0.3, -0.25) is 4.79 Å². The van der Waals surface area contributed by atoms with Crippen LogP contribution in [0.15, 0.2) is 48.7 Å². The number of ether oxygens (including phenoxy) is 1. The van der Waals surface area contributed by atoms with E-state index in [1.54, 1.807) is 31.2 Å².